The summed E-state index contributed by atoms with van der Waals surface area (Å²) < 4.78 is 1.01. The van der Waals surface area contributed by atoms with E-state index in [2.05, 4.69) is 20.9 Å². The summed E-state index contributed by atoms with van der Waals surface area (Å²) in [6.07, 6.45) is 2.30. The molecule has 84 valence electrons. The highest BCUT2D eigenvalue weighted by Crippen LogP contribution is 2.28. The first-order valence-corrected chi connectivity index (χ1v) is 5.93. The van der Waals surface area contributed by atoms with Crippen molar-refractivity contribution >= 4 is 26.8 Å². The number of benzene rings is 1. The minimum absolute atomic E-state index is 0.0888. The summed E-state index contributed by atoms with van der Waals surface area (Å²) in [6.45, 7) is 0.0888. The van der Waals surface area contributed by atoms with Crippen molar-refractivity contribution in [1.29, 1.82) is 0 Å². The fraction of sp³-hybridized carbons (Fsp3) is 0.250. The van der Waals surface area contributed by atoms with Crippen LogP contribution in [0.5, 0.6) is 0 Å². The van der Waals surface area contributed by atoms with Crippen molar-refractivity contribution < 1.29 is 5.11 Å². The number of nitrogens with two attached hydrogens (primary N) is 1. The molecule has 1 unspecified atom stereocenters. The molecule has 1 atom stereocenters. The van der Waals surface area contributed by atoms with Crippen molar-refractivity contribution in [1.82, 2.24) is 4.98 Å². The van der Waals surface area contributed by atoms with E-state index in [-0.39, 0.29) is 12.6 Å². The topological polar surface area (TPSA) is 59.1 Å². The SMILES string of the molecule is NC(CCO)c1ccc(Br)c2cccnc12. The average molecular weight is 281 g/mol. The predicted molar refractivity (Wildman–Crippen MR) is 68.1 cm³/mol. The molecule has 3 nitrogen and oxygen atoms in total. The van der Waals surface area contributed by atoms with Gasteiger partial charge in [0, 0.05) is 28.7 Å². The van der Waals surface area contributed by atoms with Crippen LogP contribution in [0.1, 0.15) is 18.0 Å². The zero-order valence-corrected chi connectivity index (χ0v) is 10.3. The molecule has 1 heterocycles. The second-order valence-electron chi connectivity index (χ2n) is 3.65. The van der Waals surface area contributed by atoms with Gasteiger partial charge in [-0.15, -0.1) is 0 Å². The third kappa shape index (κ3) is 2.09. The number of aliphatic hydroxyl groups excluding tert-OH is 1. The molecule has 0 bridgehead atoms. The molecule has 0 aliphatic rings. The van der Waals surface area contributed by atoms with Gasteiger partial charge in [0.25, 0.3) is 0 Å². The highest BCUT2D eigenvalue weighted by Gasteiger charge is 2.11. The van der Waals surface area contributed by atoms with Crippen LogP contribution in [0, 0.1) is 0 Å². The Morgan fingerprint density at radius 2 is 2.19 bits per heavy atom. The van der Waals surface area contributed by atoms with Gasteiger partial charge in [-0.2, -0.15) is 0 Å². The summed E-state index contributed by atoms with van der Waals surface area (Å²) in [5.74, 6) is 0. The summed E-state index contributed by atoms with van der Waals surface area (Å²) in [5.41, 5.74) is 7.89. The number of hydrogen-bond donors (Lipinski definition) is 2. The van der Waals surface area contributed by atoms with Crippen LogP contribution in [0.4, 0.5) is 0 Å². The first-order chi connectivity index (χ1) is 7.74. The molecular weight excluding hydrogens is 268 g/mol. The Labute approximate surface area is 102 Å². The first-order valence-electron chi connectivity index (χ1n) is 5.13. The van der Waals surface area contributed by atoms with E-state index in [1.54, 1.807) is 6.20 Å². The molecule has 3 N–H and O–H groups in total. The van der Waals surface area contributed by atoms with Gasteiger partial charge in [-0.25, -0.2) is 0 Å². The van der Waals surface area contributed by atoms with Crippen LogP contribution in [0.15, 0.2) is 34.9 Å². The molecule has 1 aromatic carbocycles. The number of pyridine rings is 1. The lowest BCUT2D eigenvalue weighted by Crippen LogP contribution is -2.12. The second-order valence-corrected chi connectivity index (χ2v) is 4.51. The maximum Gasteiger partial charge on any atom is 0.0761 e. The monoisotopic (exact) mass is 280 g/mol. The number of aromatic nitrogens is 1. The van der Waals surface area contributed by atoms with E-state index in [9.17, 15) is 0 Å². The maximum absolute atomic E-state index is 8.91. The number of hydrogen-bond acceptors (Lipinski definition) is 3. The highest BCUT2D eigenvalue weighted by molar-refractivity contribution is 9.10. The Morgan fingerprint density at radius 1 is 1.38 bits per heavy atom. The quantitative estimate of drug-likeness (QED) is 0.908. The van der Waals surface area contributed by atoms with E-state index in [0.717, 1.165) is 20.9 Å². The van der Waals surface area contributed by atoms with Gasteiger partial charge < -0.3 is 10.8 Å². The largest absolute Gasteiger partial charge is 0.396 e. The van der Waals surface area contributed by atoms with Crippen LogP contribution in [0.25, 0.3) is 10.9 Å². The Hall–Kier alpha value is -0.970. The smallest absolute Gasteiger partial charge is 0.0761 e. The molecule has 0 saturated heterocycles. The van der Waals surface area contributed by atoms with E-state index in [0.29, 0.717) is 6.42 Å². The lowest BCUT2D eigenvalue weighted by molar-refractivity contribution is 0.277. The van der Waals surface area contributed by atoms with Gasteiger partial charge >= 0.3 is 0 Å². The van der Waals surface area contributed by atoms with E-state index in [4.69, 9.17) is 10.8 Å². The van der Waals surface area contributed by atoms with E-state index < -0.39 is 0 Å². The third-order valence-corrected chi connectivity index (χ3v) is 3.28. The summed E-state index contributed by atoms with van der Waals surface area (Å²) >= 11 is 3.49. The predicted octanol–water partition coefficient (Wildman–Crippen LogP) is 2.38. The summed E-state index contributed by atoms with van der Waals surface area (Å²) in [7, 11) is 0. The van der Waals surface area contributed by atoms with Crippen molar-refractivity contribution in [3.8, 4) is 0 Å². The normalized spacial score (nSPS) is 12.9. The van der Waals surface area contributed by atoms with Crippen LogP contribution in [0.3, 0.4) is 0 Å². The fourth-order valence-electron chi connectivity index (χ4n) is 1.75. The van der Waals surface area contributed by atoms with Crippen molar-refractivity contribution in [2.24, 2.45) is 5.73 Å². The van der Waals surface area contributed by atoms with Crippen molar-refractivity contribution in [3.63, 3.8) is 0 Å². The van der Waals surface area contributed by atoms with Gasteiger partial charge in [0.05, 0.1) is 5.52 Å². The van der Waals surface area contributed by atoms with Gasteiger partial charge in [-0.3, -0.25) is 4.98 Å². The first kappa shape index (κ1) is 11.5. The molecule has 1 aromatic heterocycles. The molecule has 0 spiro atoms. The second kappa shape index (κ2) is 4.91. The van der Waals surface area contributed by atoms with Gasteiger partial charge in [-0.05, 0) is 24.1 Å². The average Bonchev–Trinajstić information content (AvgIpc) is 2.30. The third-order valence-electron chi connectivity index (χ3n) is 2.59. The molecule has 0 aliphatic heterocycles. The van der Waals surface area contributed by atoms with Crippen LogP contribution >= 0.6 is 15.9 Å². The van der Waals surface area contributed by atoms with E-state index >= 15 is 0 Å². The van der Waals surface area contributed by atoms with Crippen molar-refractivity contribution in [3.05, 3.63) is 40.5 Å². The van der Waals surface area contributed by atoms with Gasteiger partial charge in [0.2, 0.25) is 0 Å². The molecule has 0 aliphatic carbocycles. The number of aliphatic hydroxyl groups is 1. The molecular formula is C12H13BrN2O. The Morgan fingerprint density at radius 3 is 2.94 bits per heavy atom. The van der Waals surface area contributed by atoms with Gasteiger partial charge in [0.1, 0.15) is 0 Å². The number of fused-ring (bicyclic) bond motifs is 1. The minimum atomic E-state index is -0.171. The van der Waals surface area contributed by atoms with Crippen LogP contribution < -0.4 is 5.73 Å². The van der Waals surface area contributed by atoms with E-state index in [1.165, 1.54) is 0 Å². The molecule has 0 fully saturated rings. The number of nitrogens with zero attached hydrogens (tertiary/aromatic N) is 1. The van der Waals surface area contributed by atoms with Gasteiger partial charge in [0.15, 0.2) is 0 Å². The molecule has 0 amide bonds. The Kier molecular flexibility index (Phi) is 3.53. The number of rotatable bonds is 3. The maximum atomic E-state index is 8.91. The molecule has 2 rings (SSSR count). The summed E-state index contributed by atoms with van der Waals surface area (Å²) in [6, 6.07) is 7.65. The minimum Gasteiger partial charge on any atom is -0.396 e. The zero-order valence-electron chi connectivity index (χ0n) is 8.73. The number of halogens is 1. The molecule has 4 heteroatoms. The molecule has 2 aromatic rings. The zero-order chi connectivity index (χ0) is 11.5. The molecule has 0 radical (unpaired) electrons. The standard InChI is InChI=1S/C12H13BrN2O/c13-10-4-3-9(11(14)5-7-16)12-8(10)2-1-6-15-12/h1-4,6,11,16H,5,7,14H2. The van der Waals surface area contributed by atoms with Crippen LogP contribution in [0.2, 0.25) is 0 Å². The lowest BCUT2D eigenvalue weighted by Gasteiger charge is -2.13. The van der Waals surface area contributed by atoms with Crippen LogP contribution in [-0.2, 0) is 0 Å². The van der Waals surface area contributed by atoms with Crippen molar-refractivity contribution in [2.75, 3.05) is 6.61 Å². The fourth-order valence-corrected chi connectivity index (χ4v) is 2.21. The van der Waals surface area contributed by atoms with Crippen molar-refractivity contribution in [2.45, 2.75) is 12.5 Å². The van der Waals surface area contributed by atoms with E-state index in [1.807, 2.05) is 24.3 Å². The summed E-state index contributed by atoms with van der Waals surface area (Å²) in [5, 5.41) is 9.96. The van der Waals surface area contributed by atoms with Gasteiger partial charge in [-0.1, -0.05) is 28.1 Å². The summed E-state index contributed by atoms with van der Waals surface area (Å²) in [4.78, 5) is 4.35. The Bertz CT molecular complexity index is 501. The lowest BCUT2D eigenvalue weighted by atomic mass is 10.0. The molecule has 16 heavy (non-hydrogen) atoms. The van der Waals surface area contributed by atoms with Crippen LogP contribution in [-0.4, -0.2) is 16.7 Å². The highest BCUT2D eigenvalue weighted by atomic mass is 79.9. The molecule has 0 saturated carbocycles. The Balaban J connectivity index is 2.58.